The summed E-state index contributed by atoms with van der Waals surface area (Å²) in [6, 6.07) is 1.69. The smallest absolute Gasteiger partial charge is 0.256 e. The van der Waals surface area contributed by atoms with Crippen LogP contribution in [-0.4, -0.2) is 80.0 Å². The van der Waals surface area contributed by atoms with Gasteiger partial charge in [-0.1, -0.05) is 6.92 Å². The number of nitrogens with one attached hydrogen (secondary N) is 3. The molecule has 4 aromatic heterocycles. The predicted octanol–water partition coefficient (Wildman–Crippen LogP) is 3.64. The van der Waals surface area contributed by atoms with E-state index in [1.54, 1.807) is 37.5 Å². The van der Waals surface area contributed by atoms with Crippen LogP contribution in [0.5, 0.6) is 5.88 Å². The zero-order valence-corrected chi connectivity index (χ0v) is 23.0. The lowest BCUT2D eigenvalue weighted by molar-refractivity contribution is -0.122. The minimum atomic E-state index is -0.225. The van der Waals surface area contributed by atoms with Crippen molar-refractivity contribution >= 4 is 34.3 Å². The van der Waals surface area contributed by atoms with E-state index in [1.807, 2.05) is 33.2 Å². The number of likely N-dealkylation sites (tertiary alicyclic amines) is 1. The molecule has 1 amide bonds. The molecule has 1 unspecified atom stereocenters. The summed E-state index contributed by atoms with van der Waals surface area (Å²) < 4.78 is 12.5. The van der Waals surface area contributed by atoms with Crippen LogP contribution >= 0.6 is 0 Å². The van der Waals surface area contributed by atoms with E-state index >= 15 is 0 Å². The number of amides is 1. The molecule has 4 aromatic rings. The average Bonchev–Trinajstić information content (AvgIpc) is 3.54. The number of carbonyl (C=O) groups is 1. The maximum Gasteiger partial charge on any atom is 0.256 e. The summed E-state index contributed by atoms with van der Waals surface area (Å²) >= 11 is 0. The molecular formula is C27H35N9O3. The quantitative estimate of drug-likeness (QED) is 0.295. The Morgan fingerprint density at radius 1 is 1.26 bits per heavy atom. The lowest BCUT2D eigenvalue weighted by Gasteiger charge is -2.35. The van der Waals surface area contributed by atoms with Gasteiger partial charge in [-0.05, 0) is 37.8 Å². The van der Waals surface area contributed by atoms with Crippen LogP contribution in [0.15, 0.2) is 30.9 Å². The Morgan fingerprint density at radius 3 is 2.77 bits per heavy atom. The van der Waals surface area contributed by atoms with Crippen LogP contribution in [0, 0.1) is 6.92 Å². The number of piperidine rings is 1. The number of fused-ring (bicyclic) bond motifs is 1. The molecule has 206 valence electrons. The number of rotatable bonds is 9. The van der Waals surface area contributed by atoms with Crippen LogP contribution in [-0.2, 0) is 16.6 Å². The molecule has 1 aliphatic heterocycles. The van der Waals surface area contributed by atoms with Gasteiger partial charge in [0.2, 0.25) is 11.9 Å². The Kier molecular flexibility index (Phi) is 7.75. The van der Waals surface area contributed by atoms with Gasteiger partial charge in [0, 0.05) is 56.8 Å². The van der Waals surface area contributed by atoms with Gasteiger partial charge in [0.25, 0.3) is 5.88 Å². The summed E-state index contributed by atoms with van der Waals surface area (Å²) in [6.07, 6.45) is 10.0. The SMILES string of the molecule is CCC(C(=O)Nc1nccc2c(-c3nc(Nc4cn(C)nc4OC)ncc3C)c[nH]c12)N1CCC(OC)CC1. The van der Waals surface area contributed by atoms with Crippen LogP contribution < -0.4 is 15.4 Å². The molecule has 3 N–H and O–H groups in total. The normalized spacial score (nSPS) is 15.4. The van der Waals surface area contributed by atoms with Crippen LogP contribution in [0.1, 0.15) is 31.7 Å². The fourth-order valence-corrected chi connectivity index (χ4v) is 5.18. The number of hydrogen-bond acceptors (Lipinski definition) is 9. The first-order valence-corrected chi connectivity index (χ1v) is 13.1. The van der Waals surface area contributed by atoms with E-state index in [-0.39, 0.29) is 18.1 Å². The van der Waals surface area contributed by atoms with Gasteiger partial charge in [-0.15, -0.1) is 5.10 Å². The zero-order chi connectivity index (χ0) is 27.5. The molecule has 0 saturated carbocycles. The highest BCUT2D eigenvalue weighted by Gasteiger charge is 2.29. The summed E-state index contributed by atoms with van der Waals surface area (Å²) in [7, 11) is 5.13. The molecule has 0 bridgehead atoms. The Labute approximate surface area is 227 Å². The molecule has 1 fully saturated rings. The zero-order valence-electron chi connectivity index (χ0n) is 23.0. The van der Waals surface area contributed by atoms with Crippen molar-refractivity contribution < 1.29 is 14.3 Å². The maximum absolute atomic E-state index is 13.4. The Morgan fingerprint density at radius 2 is 2.05 bits per heavy atom. The predicted molar refractivity (Wildman–Crippen MR) is 149 cm³/mol. The largest absolute Gasteiger partial charge is 0.478 e. The summed E-state index contributed by atoms with van der Waals surface area (Å²) in [6.45, 7) is 5.68. The van der Waals surface area contributed by atoms with Crippen LogP contribution in [0.3, 0.4) is 0 Å². The first kappa shape index (κ1) is 26.6. The lowest BCUT2D eigenvalue weighted by Crippen LogP contribution is -2.48. The Bertz CT molecular complexity index is 1460. The lowest BCUT2D eigenvalue weighted by atomic mass is 10.0. The second-order valence-electron chi connectivity index (χ2n) is 9.74. The molecule has 5 rings (SSSR count). The van der Waals surface area contributed by atoms with Crippen LogP contribution in [0.4, 0.5) is 17.5 Å². The van der Waals surface area contributed by atoms with Crippen molar-refractivity contribution in [3.05, 3.63) is 36.4 Å². The number of aromatic amines is 1. The number of hydrogen-bond donors (Lipinski definition) is 3. The van der Waals surface area contributed by atoms with E-state index in [0.29, 0.717) is 29.8 Å². The molecule has 1 atom stereocenters. The first-order valence-electron chi connectivity index (χ1n) is 13.1. The van der Waals surface area contributed by atoms with Gasteiger partial charge < -0.3 is 25.1 Å². The summed E-state index contributed by atoms with van der Waals surface area (Å²) in [4.78, 5) is 32.6. The van der Waals surface area contributed by atoms with Crippen molar-refractivity contribution in [2.75, 3.05) is 37.9 Å². The minimum Gasteiger partial charge on any atom is -0.478 e. The van der Waals surface area contributed by atoms with Gasteiger partial charge in [0.1, 0.15) is 5.69 Å². The van der Waals surface area contributed by atoms with Crippen molar-refractivity contribution in [1.29, 1.82) is 0 Å². The van der Waals surface area contributed by atoms with E-state index in [4.69, 9.17) is 14.5 Å². The number of pyridine rings is 1. The minimum absolute atomic E-state index is 0.0559. The molecule has 0 aliphatic carbocycles. The molecule has 0 aromatic carbocycles. The first-order chi connectivity index (χ1) is 18.9. The van der Waals surface area contributed by atoms with Gasteiger partial charge in [0.05, 0.1) is 36.7 Å². The average molecular weight is 534 g/mol. The molecule has 12 nitrogen and oxygen atoms in total. The van der Waals surface area contributed by atoms with Gasteiger partial charge in [0.15, 0.2) is 5.82 Å². The third kappa shape index (κ3) is 5.43. The van der Waals surface area contributed by atoms with Crippen molar-refractivity contribution in [1.82, 2.24) is 34.6 Å². The summed E-state index contributed by atoms with van der Waals surface area (Å²) in [5.41, 5.74) is 3.97. The molecular weight excluding hydrogens is 498 g/mol. The maximum atomic E-state index is 13.4. The van der Waals surface area contributed by atoms with Crippen molar-refractivity contribution in [3.8, 4) is 17.1 Å². The van der Waals surface area contributed by atoms with Crippen LogP contribution in [0.2, 0.25) is 0 Å². The number of aromatic nitrogens is 6. The molecule has 12 heteroatoms. The standard InChI is InChI=1S/C27H35N9O3/c1-6-21(36-11-8-17(38-4)9-12-36)25(37)33-24-23-18(7-10-28-24)19(14-29-23)22-16(2)13-30-27(32-22)31-20-15-35(3)34-26(20)39-5/h7,10,13-15,17,21,29H,6,8-9,11-12H2,1-5H3,(H,28,33,37)(H,30,31,32). The number of aryl methyl sites for hydroxylation is 2. The second-order valence-corrected chi connectivity index (χ2v) is 9.74. The van der Waals surface area contributed by atoms with E-state index in [2.05, 4.69) is 35.6 Å². The Hall–Kier alpha value is -4.03. The van der Waals surface area contributed by atoms with Gasteiger partial charge in [-0.2, -0.15) is 0 Å². The number of nitrogens with zero attached hydrogens (tertiary/aromatic N) is 6. The molecule has 0 spiro atoms. The van der Waals surface area contributed by atoms with E-state index in [9.17, 15) is 4.79 Å². The van der Waals surface area contributed by atoms with Crippen molar-refractivity contribution in [2.24, 2.45) is 7.05 Å². The van der Waals surface area contributed by atoms with Gasteiger partial charge in [-0.25, -0.2) is 15.0 Å². The molecule has 1 aliphatic rings. The van der Waals surface area contributed by atoms with Crippen molar-refractivity contribution in [2.45, 2.75) is 45.3 Å². The van der Waals surface area contributed by atoms with Gasteiger partial charge in [-0.3, -0.25) is 14.4 Å². The number of methoxy groups -OCH3 is 2. The van der Waals surface area contributed by atoms with E-state index in [0.717, 1.165) is 53.7 Å². The molecule has 0 radical (unpaired) electrons. The second kappa shape index (κ2) is 11.4. The highest BCUT2D eigenvalue weighted by molar-refractivity contribution is 6.05. The molecule has 39 heavy (non-hydrogen) atoms. The molecule has 1 saturated heterocycles. The third-order valence-electron chi connectivity index (χ3n) is 7.25. The molecule has 5 heterocycles. The number of carbonyl (C=O) groups excluding carboxylic acids is 1. The van der Waals surface area contributed by atoms with Crippen LogP contribution in [0.25, 0.3) is 22.2 Å². The third-order valence-corrected chi connectivity index (χ3v) is 7.25. The topological polar surface area (TPSA) is 135 Å². The fraction of sp³-hybridized carbons (Fsp3) is 0.444. The van der Waals surface area contributed by atoms with E-state index < -0.39 is 0 Å². The van der Waals surface area contributed by atoms with Gasteiger partial charge >= 0.3 is 0 Å². The monoisotopic (exact) mass is 533 g/mol. The summed E-state index contributed by atoms with van der Waals surface area (Å²) in [5, 5.41) is 11.4. The number of ether oxygens (including phenoxy) is 2. The summed E-state index contributed by atoms with van der Waals surface area (Å²) in [5.74, 6) is 1.32. The highest BCUT2D eigenvalue weighted by atomic mass is 16.5. The van der Waals surface area contributed by atoms with E-state index in [1.165, 1.54) is 0 Å². The Balaban J connectivity index is 1.39. The van der Waals surface area contributed by atoms with Crippen molar-refractivity contribution in [3.63, 3.8) is 0 Å². The highest BCUT2D eigenvalue weighted by Crippen LogP contribution is 2.33. The fourth-order valence-electron chi connectivity index (χ4n) is 5.18. The number of anilines is 3. The number of H-pyrrole nitrogens is 1.